The van der Waals surface area contributed by atoms with Crippen LogP contribution in [0.4, 0.5) is 5.82 Å². The maximum Gasteiger partial charge on any atom is 0.222 e. The summed E-state index contributed by atoms with van der Waals surface area (Å²) >= 11 is 0. The molecule has 1 aromatic rings. The van der Waals surface area contributed by atoms with Gasteiger partial charge in [-0.15, -0.1) is 0 Å². The van der Waals surface area contributed by atoms with Crippen LogP contribution in [-0.4, -0.2) is 24.0 Å². The molecule has 1 atom stereocenters. The Hall–Kier alpha value is -1.62. The van der Waals surface area contributed by atoms with Gasteiger partial charge in [0.15, 0.2) is 0 Å². The van der Waals surface area contributed by atoms with Crippen molar-refractivity contribution in [2.75, 3.05) is 18.0 Å². The van der Waals surface area contributed by atoms with Gasteiger partial charge in [0.1, 0.15) is 5.82 Å². The van der Waals surface area contributed by atoms with Crippen molar-refractivity contribution in [2.45, 2.75) is 26.8 Å². The zero-order chi connectivity index (χ0) is 13.3. The van der Waals surface area contributed by atoms with E-state index >= 15 is 0 Å². The van der Waals surface area contributed by atoms with Crippen LogP contribution in [0.5, 0.6) is 0 Å². The van der Waals surface area contributed by atoms with Crippen LogP contribution < -0.4 is 16.4 Å². The van der Waals surface area contributed by atoms with E-state index in [-0.39, 0.29) is 11.8 Å². The molecule has 18 heavy (non-hydrogen) atoms. The van der Waals surface area contributed by atoms with E-state index in [9.17, 15) is 4.79 Å². The van der Waals surface area contributed by atoms with Crippen molar-refractivity contribution < 1.29 is 4.79 Å². The summed E-state index contributed by atoms with van der Waals surface area (Å²) in [5.74, 6) is 0.619. The summed E-state index contributed by atoms with van der Waals surface area (Å²) in [6, 6.07) is 2.04. The van der Waals surface area contributed by atoms with Crippen LogP contribution in [0.2, 0.25) is 0 Å². The number of primary amides is 1. The lowest BCUT2D eigenvalue weighted by molar-refractivity contribution is -0.121. The van der Waals surface area contributed by atoms with Gasteiger partial charge in [-0.2, -0.15) is 0 Å². The standard InChI is InChI=1S/C13H20N4O/c1-8-5-9(2)16-13(11(8)6-14)17-4-3-10(7-17)12(15)18/h5,10H,3-4,6-7,14H2,1-2H3,(H2,15,18). The van der Waals surface area contributed by atoms with Gasteiger partial charge < -0.3 is 16.4 Å². The zero-order valence-corrected chi connectivity index (χ0v) is 10.9. The molecule has 0 radical (unpaired) electrons. The van der Waals surface area contributed by atoms with E-state index in [0.717, 1.165) is 35.6 Å². The van der Waals surface area contributed by atoms with E-state index in [1.165, 1.54) is 0 Å². The second-order valence-electron chi connectivity index (χ2n) is 4.92. The SMILES string of the molecule is Cc1cc(C)c(CN)c(N2CCC(C(N)=O)C2)n1. The van der Waals surface area contributed by atoms with Crippen LogP contribution in [0.1, 0.15) is 23.2 Å². The van der Waals surface area contributed by atoms with E-state index in [1.807, 2.05) is 19.9 Å². The Morgan fingerprint density at radius 2 is 2.28 bits per heavy atom. The van der Waals surface area contributed by atoms with Crippen LogP contribution >= 0.6 is 0 Å². The van der Waals surface area contributed by atoms with E-state index in [0.29, 0.717) is 13.1 Å². The highest BCUT2D eigenvalue weighted by Gasteiger charge is 2.28. The number of nitrogens with zero attached hydrogens (tertiary/aromatic N) is 2. The van der Waals surface area contributed by atoms with Crippen LogP contribution in [-0.2, 0) is 11.3 Å². The Morgan fingerprint density at radius 1 is 1.56 bits per heavy atom. The second-order valence-corrected chi connectivity index (χ2v) is 4.92. The Labute approximate surface area is 107 Å². The molecular weight excluding hydrogens is 228 g/mol. The summed E-state index contributed by atoms with van der Waals surface area (Å²) in [5.41, 5.74) is 14.4. The summed E-state index contributed by atoms with van der Waals surface area (Å²) in [6.45, 7) is 5.95. The first kappa shape index (κ1) is 12.8. The van der Waals surface area contributed by atoms with Crippen molar-refractivity contribution >= 4 is 11.7 Å². The van der Waals surface area contributed by atoms with Crippen molar-refractivity contribution in [2.24, 2.45) is 17.4 Å². The zero-order valence-electron chi connectivity index (χ0n) is 10.9. The number of hydrogen-bond donors (Lipinski definition) is 2. The number of aryl methyl sites for hydroxylation is 2. The molecule has 0 aromatic carbocycles. The van der Waals surface area contributed by atoms with Gasteiger partial charge in [-0.1, -0.05) is 0 Å². The van der Waals surface area contributed by atoms with Gasteiger partial charge in [-0.3, -0.25) is 4.79 Å². The molecule has 0 saturated carbocycles. The molecule has 0 bridgehead atoms. The maximum atomic E-state index is 11.2. The monoisotopic (exact) mass is 248 g/mol. The topological polar surface area (TPSA) is 85.2 Å². The molecule has 1 aliphatic heterocycles. The lowest BCUT2D eigenvalue weighted by atomic mass is 10.1. The van der Waals surface area contributed by atoms with Crippen molar-refractivity contribution in [3.8, 4) is 0 Å². The maximum absolute atomic E-state index is 11.2. The van der Waals surface area contributed by atoms with E-state index in [4.69, 9.17) is 11.5 Å². The molecule has 1 aromatic heterocycles. The van der Waals surface area contributed by atoms with Crippen LogP contribution in [0.25, 0.3) is 0 Å². The number of rotatable bonds is 3. The molecule has 2 rings (SSSR count). The number of carbonyl (C=O) groups excluding carboxylic acids is 1. The fraction of sp³-hybridized carbons (Fsp3) is 0.538. The number of amides is 1. The Balaban J connectivity index is 2.31. The van der Waals surface area contributed by atoms with Crippen LogP contribution in [0.3, 0.4) is 0 Å². The minimum Gasteiger partial charge on any atom is -0.369 e. The van der Waals surface area contributed by atoms with Gasteiger partial charge in [0.05, 0.1) is 5.92 Å². The van der Waals surface area contributed by atoms with E-state index < -0.39 is 0 Å². The third-order valence-electron chi connectivity index (χ3n) is 3.55. The summed E-state index contributed by atoms with van der Waals surface area (Å²) < 4.78 is 0. The van der Waals surface area contributed by atoms with Gasteiger partial charge in [0.25, 0.3) is 0 Å². The number of aromatic nitrogens is 1. The quantitative estimate of drug-likeness (QED) is 0.814. The van der Waals surface area contributed by atoms with Crippen molar-refractivity contribution in [1.29, 1.82) is 0 Å². The van der Waals surface area contributed by atoms with Crippen LogP contribution in [0, 0.1) is 19.8 Å². The summed E-state index contributed by atoms with van der Waals surface area (Å²) in [5, 5.41) is 0. The summed E-state index contributed by atoms with van der Waals surface area (Å²) in [7, 11) is 0. The molecule has 98 valence electrons. The average molecular weight is 248 g/mol. The van der Waals surface area contributed by atoms with Crippen LogP contribution in [0.15, 0.2) is 6.07 Å². The first-order valence-electron chi connectivity index (χ1n) is 6.24. The molecule has 2 heterocycles. The molecule has 0 aliphatic carbocycles. The molecule has 1 fully saturated rings. The molecule has 1 amide bonds. The van der Waals surface area contributed by atoms with Gasteiger partial charge in [0, 0.05) is 30.9 Å². The molecular formula is C13H20N4O. The highest BCUT2D eigenvalue weighted by molar-refractivity contribution is 5.78. The Bertz CT molecular complexity index is 472. The summed E-state index contributed by atoms with van der Waals surface area (Å²) in [6.07, 6.45) is 0.800. The van der Waals surface area contributed by atoms with Crippen molar-refractivity contribution in [3.05, 3.63) is 22.9 Å². The number of nitrogens with two attached hydrogens (primary N) is 2. The van der Waals surface area contributed by atoms with E-state index in [2.05, 4.69) is 9.88 Å². The fourth-order valence-corrected chi connectivity index (χ4v) is 2.54. The number of hydrogen-bond acceptors (Lipinski definition) is 4. The number of anilines is 1. The van der Waals surface area contributed by atoms with Crippen molar-refractivity contribution in [1.82, 2.24) is 4.98 Å². The fourth-order valence-electron chi connectivity index (χ4n) is 2.54. The molecule has 4 N–H and O–H groups in total. The van der Waals surface area contributed by atoms with Gasteiger partial charge in [0.2, 0.25) is 5.91 Å². The molecule has 5 nitrogen and oxygen atoms in total. The second kappa shape index (κ2) is 4.94. The van der Waals surface area contributed by atoms with Gasteiger partial charge >= 0.3 is 0 Å². The number of pyridine rings is 1. The van der Waals surface area contributed by atoms with Gasteiger partial charge in [-0.05, 0) is 31.9 Å². The summed E-state index contributed by atoms with van der Waals surface area (Å²) in [4.78, 5) is 17.9. The highest BCUT2D eigenvalue weighted by Crippen LogP contribution is 2.27. The predicted molar refractivity (Wildman–Crippen MR) is 71.1 cm³/mol. The highest BCUT2D eigenvalue weighted by atomic mass is 16.1. The molecule has 1 saturated heterocycles. The minimum atomic E-state index is -0.226. The largest absolute Gasteiger partial charge is 0.369 e. The average Bonchev–Trinajstić information content (AvgIpc) is 2.77. The third kappa shape index (κ3) is 2.31. The lowest BCUT2D eigenvalue weighted by Gasteiger charge is -2.22. The third-order valence-corrected chi connectivity index (χ3v) is 3.55. The first-order valence-corrected chi connectivity index (χ1v) is 6.24. The number of carbonyl (C=O) groups is 1. The normalized spacial score (nSPS) is 19.3. The first-order chi connectivity index (χ1) is 8.52. The molecule has 1 unspecified atom stereocenters. The lowest BCUT2D eigenvalue weighted by Crippen LogP contribution is -2.28. The van der Waals surface area contributed by atoms with E-state index in [1.54, 1.807) is 0 Å². The van der Waals surface area contributed by atoms with Gasteiger partial charge in [-0.25, -0.2) is 4.98 Å². The molecule has 1 aliphatic rings. The predicted octanol–water partition coefficient (Wildman–Crippen LogP) is 0.469. The molecule has 5 heteroatoms. The van der Waals surface area contributed by atoms with Crippen molar-refractivity contribution in [3.63, 3.8) is 0 Å². The molecule has 0 spiro atoms. The Kier molecular flexibility index (Phi) is 3.52. The minimum absolute atomic E-state index is 0.0711. The smallest absolute Gasteiger partial charge is 0.222 e. The Morgan fingerprint density at radius 3 is 2.83 bits per heavy atom.